The zero-order valence-electron chi connectivity index (χ0n) is 28.2. The maximum atomic E-state index is 12.3. The summed E-state index contributed by atoms with van der Waals surface area (Å²) in [5, 5.41) is 26.0. The zero-order chi connectivity index (χ0) is 33.9. The van der Waals surface area contributed by atoms with Crippen molar-refractivity contribution in [2.45, 2.75) is 60.0 Å². The van der Waals surface area contributed by atoms with Gasteiger partial charge in [0, 0.05) is 58.4 Å². The number of methoxy groups -OCH3 is 1. The number of allylic oxidation sites excluding steroid dienone is 11. The second-order valence-corrected chi connectivity index (χ2v) is 13.1. The van der Waals surface area contributed by atoms with E-state index in [4.69, 9.17) is 19.7 Å². The summed E-state index contributed by atoms with van der Waals surface area (Å²) in [6.07, 6.45) is 10.7. The van der Waals surface area contributed by atoms with Crippen molar-refractivity contribution >= 4 is 29.2 Å². The van der Waals surface area contributed by atoms with Gasteiger partial charge in [0.25, 0.3) is 0 Å². The molecule has 3 N–H and O–H groups in total. The van der Waals surface area contributed by atoms with Crippen LogP contribution in [0.2, 0.25) is 0 Å². The number of rotatable bonds is 6. The summed E-state index contributed by atoms with van der Waals surface area (Å²) in [7, 11) is 1.41. The number of nitrogens with one attached hydrogen (secondary N) is 1. The standard InChI is InChI=1S/C40H40N4O4/c1-20-26(13-12-25-10-8-7-9-11-25)33-18-32-23(4)38-35(46)16-28(40(38)44-32)39-27(14-15-36(47)48-6)21(2)30(43-39)17-31-22(3)37(24(5)45)34(42-31)19-29(20)41-33/h7-13,17-19,21,24,27,43,45-46H,14-16H2,1-6H3/b13-12+,30-17?,33-18?,34-19?,39-28?/t21-,24+,27-/m0/s1. The third-order valence-electron chi connectivity index (χ3n) is 10.2. The molecule has 0 radical (unpaired) electrons. The summed E-state index contributed by atoms with van der Waals surface area (Å²) in [6, 6.07) is 10.1. The van der Waals surface area contributed by atoms with Gasteiger partial charge in [-0.15, -0.1) is 0 Å². The average Bonchev–Trinajstić information content (AvgIpc) is 3.82. The number of esters is 1. The highest BCUT2D eigenvalue weighted by Gasteiger charge is 2.41. The number of fused-ring (bicyclic) bond motifs is 5. The highest BCUT2D eigenvalue weighted by atomic mass is 16.5. The maximum absolute atomic E-state index is 12.3. The number of benzene rings is 1. The Kier molecular flexibility index (Phi) is 8.00. The van der Waals surface area contributed by atoms with E-state index in [2.05, 4.69) is 49.5 Å². The van der Waals surface area contributed by atoms with Crippen molar-refractivity contribution in [3.8, 4) is 0 Å². The molecular formula is C40H40N4O4. The molecule has 1 saturated heterocycles. The van der Waals surface area contributed by atoms with Crippen LogP contribution in [-0.4, -0.2) is 46.5 Å². The van der Waals surface area contributed by atoms with Crippen LogP contribution in [0.1, 0.15) is 59.4 Å². The number of aliphatic imine (C=N–C) groups is 3. The molecule has 7 rings (SSSR count). The zero-order valence-corrected chi connectivity index (χ0v) is 28.2. The Morgan fingerprint density at radius 2 is 1.73 bits per heavy atom. The molecule has 1 aliphatic carbocycles. The normalized spacial score (nSPS) is 23.9. The lowest BCUT2D eigenvalue weighted by molar-refractivity contribution is -0.140. The third kappa shape index (κ3) is 5.30. The first kappa shape index (κ1) is 31.5. The van der Waals surface area contributed by atoms with Gasteiger partial charge in [-0.2, -0.15) is 0 Å². The fourth-order valence-electron chi connectivity index (χ4n) is 7.50. The van der Waals surface area contributed by atoms with Crippen molar-refractivity contribution in [1.82, 2.24) is 5.32 Å². The van der Waals surface area contributed by atoms with E-state index in [0.717, 1.165) is 84.5 Å². The van der Waals surface area contributed by atoms with Crippen LogP contribution >= 0.6 is 0 Å². The molecule has 0 aromatic heterocycles. The minimum absolute atomic E-state index is 0.0275. The van der Waals surface area contributed by atoms with Gasteiger partial charge in [-0.3, -0.25) is 4.79 Å². The highest BCUT2D eigenvalue weighted by Crippen LogP contribution is 2.46. The third-order valence-corrected chi connectivity index (χ3v) is 10.2. The van der Waals surface area contributed by atoms with Crippen LogP contribution in [0.3, 0.4) is 0 Å². The molecule has 1 aromatic rings. The minimum atomic E-state index is -0.735. The van der Waals surface area contributed by atoms with E-state index in [1.165, 1.54) is 7.11 Å². The quantitative estimate of drug-likeness (QED) is 0.283. The molecule has 48 heavy (non-hydrogen) atoms. The molecule has 0 saturated carbocycles. The molecule has 1 aromatic carbocycles. The van der Waals surface area contributed by atoms with Crippen molar-refractivity contribution in [2.75, 3.05) is 7.11 Å². The lowest BCUT2D eigenvalue weighted by Gasteiger charge is -2.17. The van der Waals surface area contributed by atoms with Gasteiger partial charge in [0.05, 0.1) is 47.4 Å². The predicted octanol–water partition coefficient (Wildman–Crippen LogP) is 7.30. The summed E-state index contributed by atoms with van der Waals surface area (Å²) in [4.78, 5) is 27.6. The van der Waals surface area contributed by atoms with E-state index >= 15 is 0 Å². The number of ether oxygens (including phenoxy) is 1. The fourth-order valence-corrected chi connectivity index (χ4v) is 7.50. The topological polar surface area (TPSA) is 116 Å². The summed E-state index contributed by atoms with van der Waals surface area (Å²) in [5.41, 5.74) is 13.7. The van der Waals surface area contributed by atoms with Gasteiger partial charge < -0.3 is 20.3 Å². The monoisotopic (exact) mass is 640 g/mol. The lowest BCUT2D eigenvalue weighted by atomic mass is 9.86. The lowest BCUT2D eigenvalue weighted by Crippen LogP contribution is -2.16. The first-order valence-electron chi connectivity index (χ1n) is 16.5. The van der Waals surface area contributed by atoms with E-state index in [0.29, 0.717) is 24.3 Å². The van der Waals surface area contributed by atoms with E-state index in [1.807, 2.05) is 44.2 Å². The largest absolute Gasteiger partial charge is 0.511 e. The average molecular weight is 641 g/mol. The first-order valence-corrected chi connectivity index (χ1v) is 16.5. The van der Waals surface area contributed by atoms with Crippen LogP contribution in [-0.2, 0) is 9.53 Å². The SMILES string of the molecule is COC(=O)CC[C@@H]1C2=C3CC(O)=C4C3=NC(=C4C)C=C3N=C(C=C4N=C(C=C(N2)[C@H]1C)C(C)=C4[C@@H](C)O)C(C)=C3/C=C/c1ccccc1. The molecule has 8 bridgehead atoms. The Labute approximate surface area is 281 Å². The molecule has 8 nitrogen and oxygen atoms in total. The van der Waals surface area contributed by atoms with Gasteiger partial charge in [0.2, 0.25) is 0 Å². The summed E-state index contributed by atoms with van der Waals surface area (Å²) in [5.74, 6) is 0.0337. The molecule has 3 atom stereocenters. The van der Waals surface area contributed by atoms with Crippen molar-refractivity contribution in [2.24, 2.45) is 26.8 Å². The van der Waals surface area contributed by atoms with Crippen molar-refractivity contribution in [3.05, 3.63) is 133 Å². The number of carbonyl (C=O) groups excluding carboxylic acids is 1. The molecule has 1 fully saturated rings. The number of hydrogen-bond donors (Lipinski definition) is 3. The molecule has 6 aliphatic rings. The molecule has 0 amide bonds. The molecule has 0 spiro atoms. The van der Waals surface area contributed by atoms with Crippen molar-refractivity contribution < 1.29 is 19.7 Å². The van der Waals surface area contributed by atoms with Gasteiger partial charge in [-0.05, 0) is 74.6 Å². The first-order chi connectivity index (χ1) is 23.0. The Hall–Kier alpha value is -5.08. The van der Waals surface area contributed by atoms with Crippen LogP contribution in [0.4, 0.5) is 0 Å². The smallest absolute Gasteiger partial charge is 0.305 e. The molecule has 5 aliphatic heterocycles. The second-order valence-electron chi connectivity index (χ2n) is 13.1. The molecular weight excluding hydrogens is 600 g/mol. The summed E-state index contributed by atoms with van der Waals surface area (Å²) in [6.45, 7) is 9.96. The molecule has 8 heteroatoms. The maximum Gasteiger partial charge on any atom is 0.305 e. The van der Waals surface area contributed by atoms with Gasteiger partial charge in [0.1, 0.15) is 5.76 Å². The summed E-state index contributed by atoms with van der Waals surface area (Å²) >= 11 is 0. The highest BCUT2D eigenvalue weighted by molar-refractivity contribution is 6.21. The van der Waals surface area contributed by atoms with Crippen LogP contribution in [0.25, 0.3) is 6.08 Å². The predicted molar refractivity (Wildman–Crippen MR) is 190 cm³/mol. The van der Waals surface area contributed by atoms with E-state index in [1.54, 1.807) is 6.92 Å². The van der Waals surface area contributed by atoms with Gasteiger partial charge >= 0.3 is 5.97 Å². The van der Waals surface area contributed by atoms with Crippen LogP contribution in [0.5, 0.6) is 0 Å². The van der Waals surface area contributed by atoms with E-state index in [9.17, 15) is 15.0 Å². The Morgan fingerprint density at radius 1 is 1.00 bits per heavy atom. The Bertz CT molecular complexity index is 2040. The Morgan fingerprint density at radius 3 is 2.46 bits per heavy atom. The summed E-state index contributed by atoms with van der Waals surface area (Å²) < 4.78 is 4.99. The second kappa shape index (κ2) is 12.2. The van der Waals surface area contributed by atoms with E-state index in [-0.39, 0.29) is 24.2 Å². The molecule has 244 valence electrons. The number of nitrogens with zero attached hydrogens (tertiary/aromatic N) is 3. The van der Waals surface area contributed by atoms with E-state index < -0.39 is 6.10 Å². The Balaban J connectivity index is 1.45. The fraction of sp³-hybridized carbons (Fsp3) is 0.300. The van der Waals surface area contributed by atoms with Crippen molar-refractivity contribution in [1.29, 1.82) is 0 Å². The minimum Gasteiger partial charge on any atom is -0.511 e. The van der Waals surface area contributed by atoms with Crippen LogP contribution in [0.15, 0.2) is 143 Å². The number of aliphatic hydroxyl groups excluding tert-OH is 2. The number of aliphatic hydroxyl groups is 2. The van der Waals surface area contributed by atoms with Crippen LogP contribution in [0, 0.1) is 11.8 Å². The van der Waals surface area contributed by atoms with Crippen molar-refractivity contribution in [3.63, 3.8) is 0 Å². The molecule has 0 unspecified atom stereocenters. The van der Waals surface area contributed by atoms with Gasteiger partial charge in [-0.1, -0.05) is 49.4 Å². The van der Waals surface area contributed by atoms with Gasteiger partial charge in [-0.25, -0.2) is 15.0 Å². The number of hydrogen-bond acceptors (Lipinski definition) is 8. The molecule has 5 heterocycles. The van der Waals surface area contributed by atoms with Gasteiger partial charge in [0.15, 0.2) is 0 Å². The van der Waals surface area contributed by atoms with Crippen LogP contribution < -0.4 is 5.32 Å². The number of carbonyl (C=O) groups is 1.